The predicted molar refractivity (Wildman–Crippen MR) is 88.5 cm³/mol. The first-order valence-electron chi connectivity index (χ1n) is 6.89. The Hall–Kier alpha value is -2.65. The molecule has 4 heteroatoms. The first-order valence-corrected chi connectivity index (χ1v) is 7.27. The fraction of sp³-hybridized carbons (Fsp3) is 0. The quantitative estimate of drug-likeness (QED) is 0.506. The Bertz CT molecular complexity index is 1000. The number of aldehydes is 1. The third kappa shape index (κ3) is 1.90. The summed E-state index contributed by atoms with van der Waals surface area (Å²) >= 11 is 5.93. The first-order chi connectivity index (χ1) is 10.8. The molecular formula is C18H11ClN2O. The summed E-state index contributed by atoms with van der Waals surface area (Å²) in [6, 6.07) is 19.2. The molecule has 0 amide bonds. The fourth-order valence-electron chi connectivity index (χ4n) is 2.74. The lowest BCUT2D eigenvalue weighted by atomic mass is 10.1. The highest BCUT2D eigenvalue weighted by Gasteiger charge is 2.15. The summed E-state index contributed by atoms with van der Waals surface area (Å²) in [5, 5.41) is 1.73. The van der Waals surface area contributed by atoms with Crippen LogP contribution >= 0.6 is 11.6 Å². The lowest BCUT2D eigenvalue weighted by molar-refractivity contribution is 0.111. The number of halogens is 1. The highest BCUT2D eigenvalue weighted by Crippen LogP contribution is 2.27. The van der Waals surface area contributed by atoms with Crippen molar-refractivity contribution in [1.29, 1.82) is 0 Å². The minimum atomic E-state index is 0.550. The van der Waals surface area contributed by atoms with Crippen LogP contribution in [0, 0.1) is 0 Å². The van der Waals surface area contributed by atoms with E-state index in [2.05, 4.69) is 4.98 Å². The van der Waals surface area contributed by atoms with Gasteiger partial charge in [-0.05, 0) is 35.7 Å². The third-order valence-corrected chi connectivity index (χ3v) is 4.01. The maximum atomic E-state index is 11.7. The Balaban J connectivity index is 2.10. The number of rotatable bonds is 2. The zero-order valence-corrected chi connectivity index (χ0v) is 12.3. The average molecular weight is 307 g/mol. The number of hydrogen-bond donors (Lipinski definition) is 0. The van der Waals surface area contributed by atoms with Crippen molar-refractivity contribution >= 4 is 34.4 Å². The molecule has 106 valence electrons. The molecule has 0 atom stereocenters. The van der Waals surface area contributed by atoms with E-state index < -0.39 is 0 Å². The molecule has 0 aliphatic heterocycles. The Kier molecular flexibility index (Phi) is 2.94. The van der Waals surface area contributed by atoms with Gasteiger partial charge in [0, 0.05) is 10.6 Å². The molecule has 0 bridgehead atoms. The van der Waals surface area contributed by atoms with Crippen LogP contribution in [-0.4, -0.2) is 15.7 Å². The third-order valence-electron chi connectivity index (χ3n) is 3.76. The Labute approximate surface area is 131 Å². The van der Waals surface area contributed by atoms with Crippen molar-refractivity contribution in [2.24, 2.45) is 0 Å². The highest BCUT2D eigenvalue weighted by atomic mass is 35.5. The van der Waals surface area contributed by atoms with Gasteiger partial charge in [0.2, 0.25) is 0 Å². The summed E-state index contributed by atoms with van der Waals surface area (Å²) in [4.78, 5) is 16.3. The van der Waals surface area contributed by atoms with E-state index in [9.17, 15) is 4.79 Å². The van der Waals surface area contributed by atoms with E-state index >= 15 is 0 Å². The number of aromatic nitrogens is 2. The number of fused-ring (bicyclic) bond motifs is 3. The standard InChI is InChI=1S/C18H11ClN2O/c19-14-8-5-13(6-9-14)18-16(11-22)21-15-4-2-1-3-12(15)7-10-17(21)20-18/h1-11H. The molecule has 0 N–H and O–H groups in total. The first kappa shape index (κ1) is 13.0. The van der Waals surface area contributed by atoms with Crippen molar-refractivity contribution in [3.63, 3.8) is 0 Å². The molecule has 4 rings (SSSR count). The van der Waals surface area contributed by atoms with Crippen LogP contribution in [0.1, 0.15) is 10.5 Å². The summed E-state index contributed by atoms with van der Waals surface area (Å²) < 4.78 is 1.90. The molecule has 0 radical (unpaired) electrons. The minimum Gasteiger partial charge on any atom is -0.296 e. The number of carbonyl (C=O) groups is 1. The van der Waals surface area contributed by atoms with Gasteiger partial charge in [-0.3, -0.25) is 9.20 Å². The summed E-state index contributed by atoms with van der Waals surface area (Å²) in [6.07, 6.45) is 0.858. The molecule has 4 aromatic rings. The molecule has 0 saturated carbocycles. The molecule has 0 saturated heterocycles. The zero-order chi connectivity index (χ0) is 15.1. The normalized spacial score (nSPS) is 11.1. The van der Waals surface area contributed by atoms with Gasteiger partial charge >= 0.3 is 0 Å². The van der Waals surface area contributed by atoms with Gasteiger partial charge in [0.05, 0.1) is 5.52 Å². The van der Waals surface area contributed by atoms with E-state index in [-0.39, 0.29) is 0 Å². The maximum Gasteiger partial charge on any atom is 0.169 e. The Morgan fingerprint density at radius 3 is 2.50 bits per heavy atom. The van der Waals surface area contributed by atoms with Crippen LogP contribution in [0.2, 0.25) is 5.02 Å². The smallest absolute Gasteiger partial charge is 0.169 e. The summed E-state index contributed by atoms with van der Waals surface area (Å²) in [7, 11) is 0. The highest BCUT2D eigenvalue weighted by molar-refractivity contribution is 6.30. The van der Waals surface area contributed by atoms with Crippen LogP contribution in [0.3, 0.4) is 0 Å². The van der Waals surface area contributed by atoms with Gasteiger partial charge in [-0.15, -0.1) is 0 Å². The molecule has 2 aromatic carbocycles. The second kappa shape index (κ2) is 4.97. The van der Waals surface area contributed by atoms with E-state index in [1.54, 1.807) is 12.1 Å². The van der Waals surface area contributed by atoms with Gasteiger partial charge in [-0.1, -0.05) is 41.9 Å². The van der Waals surface area contributed by atoms with Crippen molar-refractivity contribution in [2.45, 2.75) is 0 Å². The van der Waals surface area contributed by atoms with Crippen molar-refractivity contribution < 1.29 is 4.79 Å². The van der Waals surface area contributed by atoms with Gasteiger partial charge < -0.3 is 0 Å². The predicted octanol–water partition coefficient (Wildman–Crippen LogP) is 4.62. The second-order valence-corrected chi connectivity index (χ2v) is 5.49. The Morgan fingerprint density at radius 1 is 0.955 bits per heavy atom. The van der Waals surface area contributed by atoms with E-state index in [0.717, 1.165) is 28.4 Å². The van der Waals surface area contributed by atoms with Crippen LogP contribution in [0.4, 0.5) is 0 Å². The number of carbonyl (C=O) groups excluding carboxylic acids is 1. The molecular weight excluding hydrogens is 296 g/mol. The van der Waals surface area contributed by atoms with Crippen LogP contribution in [0.15, 0.2) is 60.7 Å². The maximum absolute atomic E-state index is 11.7. The van der Waals surface area contributed by atoms with Gasteiger partial charge in [-0.2, -0.15) is 0 Å². The van der Waals surface area contributed by atoms with Gasteiger partial charge in [0.25, 0.3) is 0 Å². The van der Waals surface area contributed by atoms with Crippen molar-refractivity contribution in [2.75, 3.05) is 0 Å². The topological polar surface area (TPSA) is 34.4 Å². The zero-order valence-electron chi connectivity index (χ0n) is 11.5. The number of pyridine rings is 1. The molecule has 0 spiro atoms. The number of nitrogens with zero attached hydrogens (tertiary/aromatic N) is 2. The summed E-state index contributed by atoms with van der Waals surface area (Å²) in [5.74, 6) is 0. The number of imidazole rings is 1. The van der Waals surface area contributed by atoms with E-state index in [1.807, 2.05) is 52.9 Å². The molecule has 0 fully saturated rings. The number of para-hydroxylation sites is 1. The summed E-state index contributed by atoms with van der Waals surface area (Å²) in [5.41, 5.74) is 3.82. The molecule has 0 unspecified atom stereocenters. The van der Waals surface area contributed by atoms with Gasteiger partial charge in [0.1, 0.15) is 17.0 Å². The van der Waals surface area contributed by atoms with E-state index in [1.165, 1.54) is 0 Å². The average Bonchev–Trinajstić information content (AvgIpc) is 2.94. The molecule has 2 aromatic heterocycles. The van der Waals surface area contributed by atoms with Crippen LogP contribution < -0.4 is 0 Å². The largest absolute Gasteiger partial charge is 0.296 e. The van der Waals surface area contributed by atoms with Crippen molar-refractivity contribution in [3.05, 3.63) is 71.4 Å². The minimum absolute atomic E-state index is 0.550. The van der Waals surface area contributed by atoms with Crippen LogP contribution in [-0.2, 0) is 0 Å². The number of benzene rings is 2. The fourth-order valence-corrected chi connectivity index (χ4v) is 2.87. The van der Waals surface area contributed by atoms with Crippen molar-refractivity contribution in [1.82, 2.24) is 9.38 Å². The summed E-state index contributed by atoms with van der Waals surface area (Å²) in [6.45, 7) is 0. The van der Waals surface area contributed by atoms with Crippen LogP contribution in [0.5, 0.6) is 0 Å². The van der Waals surface area contributed by atoms with E-state index in [4.69, 9.17) is 11.6 Å². The lowest BCUT2D eigenvalue weighted by Gasteiger charge is -2.03. The molecule has 0 aliphatic rings. The van der Waals surface area contributed by atoms with Gasteiger partial charge in [0.15, 0.2) is 6.29 Å². The second-order valence-electron chi connectivity index (χ2n) is 5.06. The SMILES string of the molecule is O=Cc1c(-c2ccc(Cl)cc2)nc2ccc3ccccc3n12. The molecule has 2 heterocycles. The van der Waals surface area contributed by atoms with Gasteiger partial charge in [-0.25, -0.2) is 4.98 Å². The molecule has 22 heavy (non-hydrogen) atoms. The van der Waals surface area contributed by atoms with Crippen molar-refractivity contribution in [3.8, 4) is 11.3 Å². The monoisotopic (exact) mass is 306 g/mol. The lowest BCUT2D eigenvalue weighted by Crippen LogP contribution is -1.94. The van der Waals surface area contributed by atoms with E-state index in [0.29, 0.717) is 16.4 Å². The van der Waals surface area contributed by atoms with Crippen LogP contribution in [0.25, 0.3) is 27.8 Å². The number of hydrogen-bond acceptors (Lipinski definition) is 2. The Morgan fingerprint density at radius 2 is 1.73 bits per heavy atom. The molecule has 3 nitrogen and oxygen atoms in total. The molecule has 0 aliphatic carbocycles.